The molecule has 0 spiro atoms. The third kappa shape index (κ3) is 2.30. The molecule has 0 saturated carbocycles. The van der Waals surface area contributed by atoms with Gasteiger partial charge in [0.2, 0.25) is 0 Å². The molecule has 0 amide bonds. The lowest BCUT2D eigenvalue weighted by Crippen LogP contribution is -2.10. The van der Waals surface area contributed by atoms with Crippen LogP contribution in [0.4, 0.5) is 0 Å². The second kappa shape index (κ2) is 2.91. The monoisotopic (exact) mass is 142 g/mol. The first-order chi connectivity index (χ1) is 4.66. The van der Waals surface area contributed by atoms with Crippen molar-refractivity contribution in [3.8, 4) is 0 Å². The molecule has 10 heavy (non-hydrogen) atoms. The topological polar surface area (TPSA) is 12.5 Å². The quantitative estimate of drug-likeness (QED) is 0.550. The third-order valence-corrected chi connectivity index (χ3v) is 2.20. The van der Waals surface area contributed by atoms with E-state index in [9.17, 15) is 0 Å². The first-order valence-electron chi connectivity index (χ1n) is 4.30. The highest BCUT2D eigenvalue weighted by atomic mass is 16.6. The molecule has 0 aromatic rings. The lowest BCUT2D eigenvalue weighted by molar-refractivity contribution is 0.271. The van der Waals surface area contributed by atoms with Gasteiger partial charge in [0, 0.05) is 0 Å². The first kappa shape index (κ1) is 8.06. The van der Waals surface area contributed by atoms with Crippen molar-refractivity contribution in [2.45, 2.75) is 45.6 Å². The molecule has 1 heterocycles. The summed E-state index contributed by atoms with van der Waals surface area (Å²) in [5, 5.41) is 0. The molecule has 1 rings (SSSR count). The average molecular weight is 142 g/mol. The number of ether oxygens (including phenoxy) is 1. The number of rotatable bonds is 4. The van der Waals surface area contributed by atoms with Crippen LogP contribution in [0.1, 0.15) is 40.0 Å². The van der Waals surface area contributed by atoms with Gasteiger partial charge in [-0.2, -0.15) is 0 Å². The van der Waals surface area contributed by atoms with Crippen molar-refractivity contribution in [1.82, 2.24) is 0 Å². The minimum Gasteiger partial charge on any atom is -0.370 e. The Balaban J connectivity index is 2.11. The second-order valence-corrected chi connectivity index (χ2v) is 3.84. The van der Waals surface area contributed by atoms with Crippen LogP contribution in [0.25, 0.3) is 0 Å². The van der Waals surface area contributed by atoms with Gasteiger partial charge in [-0.1, -0.05) is 26.7 Å². The van der Waals surface area contributed by atoms with E-state index in [1.54, 1.807) is 0 Å². The Kier molecular flexibility index (Phi) is 2.35. The average Bonchev–Trinajstić information content (AvgIpc) is 2.48. The summed E-state index contributed by atoms with van der Waals surface area (Å²) in [7, 11) is 0. The van der Waals surface area contributed by atoms with Crippen LogP contribution in [-0.2, 0) is 4.74 Å². The zero-order valence-corrected chi connectivity index (χ0v) is 7.31. The van der Waals surface area contributed by atoms with Gasteiger partial charge in [0.1, 0.15) is 0 Å². The maximum atomic E-state index is 5.31. The summed E-state index contributed by atoms with van der Waals surface area (Å²) < 4.78 is 5.31. The number of hydrogen-bond acceptors (Lipinski definition) is 1. The second-order valence-electron chi connectivity index (χ2n) is 3.84. The van der Waals surface area contributed by atoms with E-state index in [0.29, 0.717) is 0 Å². The molecule has 0 bridgehead atoms. The van der Waals surface area contributed by atoms with Crippen LogP contribution in [-0.4, -0.2) is 12.2 Å². The summed E-state index contributed by atoms with van der Waals surface area (Å²) >= 11 is 0. The van der Waals surface area contributed by atoms with Crippen LogP contribution in [0.2, 0.25) is 0 Å². The molecule has 0 N–H and O–H groups in total. The molecule has 1 saturated heterocycles. The minimum atomic E-state index is 0.272. The van der Waals surface area contributed by atoms with Crippen molar-refractivity contribution in [3.05, 3.63) is 0 Å². The van der Waals surface area contributed by atoms with E-state index in [1.165, 1.54) is 19.3 Å². The van der Waals surface area contributed by atoms with E-state index < -0.39 is 0 Å². The van der Waals surface area contributed by atoms with Gasteiger partial charge < -0.3 is 4.74 Å². The summed E-state index contributed by atoms with van der Waals surface area (Å²) in [5.74, 6) is 0.845. The highest BCUT2D eigenvalue weighted by Gasteiger charge is 2.39. The highest BCUT2D eigenvalue weighted by Crippen LogP contribution is 2.34. The molecule has 1 aliphatic heterocycles. The summed E-state index contributed by atoms with van der Waals surface area (Å²) in [4.78, 5) is 0. The van der Waals surface area contributed by atoms with E-state index >= 15 is 0 Å². The van der Waals surface area contributed by atoms with E-state index in [4.69, 9.17) is 4.74 Å². The molecular weight excluding hydrogens is 124 g/mol. The summed E-state index contributed by atoms with van der Waals surface area (Å²) in [6.07, 6.45) is 3.90. The molecule has 1 nitrogen and oxygen atoms in total. The molecule has 2 atom stereocenters. The largest absolute Gasteiger partial charge is 0.370 e. The van der Waals surface area contributed by atoms with E-state index in [0.717, 1.165) is 12.5 Å². The van der Waals surface area contributed by atoms with Gasteiger partial charge in [0.05, 0.1) is 12.2 Å². The fourth-order valence-corrected chi connectivity index (χ4v) is 1.57. The molecule has 60 valence electrons. The molecule has 1 fully saturated rings. The Hall–Kier alpha value is -0.0400. The lowest BCUT2D eigenvalue weighted by atomic mass is 9.94. The Bertz CT molecular complexity index is 105. The standard InChI is InChI=1S/C9H18O/c1-4-5-8(2)6-9(3)7-10-9/h8H,4-7H2,1-3H3/t8-,9+/m1/s1. The van der Waals surface area contributed by atoms with Gasteiger partial charge in [-0.25, -0.2) is 0 Å². The Morgan fingerprint density at radius 2 is 2.20 bits per heavy atom. The zero-order valence-electron chi connectivity index (χ0n) is 7.31. The van der Waals surface area contributed by atoms with Crippen molar-refractivity contribution in [2.24, 2.45) is 5.92 Å². The molecule has 0 aliphatic carbocycles. The van der Waals surface area contributed by atoms with Gasteiger partial charge >= 0.3 is 0 Å². The fourth-order valence-electron chi connectivity index (χ4n) is 1.57. The van der Waals surface area contributed by atoms with E-state index in [1.807, 2.05) is 0 Å². The van der Waals surface area contributed by atoms with Crippen LogP contribution >= 0.6 is 0 Å². The zero-order chi connectivity index (χ0) is 7.61. The Morgan fingerprint density at radius 1 is 1.60 bits per heavy atom. The van der Waals surface area contributed by atoms with Gasteiger partial charge in [-0.05, 0) is 19.3 Å². The fraction of sp³-hybridized carbons (Fsp3) is 1.00. The Labute approximate surface area is 63.8 Å². The minimum absolute atomic E-state index is 0.272. The van der Waals surface area contributed by atoms with Crippen molar-refractivity contribution in [3.63, 3.8) is 0 Å². The smallest absolute Gasteiger partial charge is 0.0891 e. The van der Waals surface area contributed by atoms with Crippen LogP contribution in [0.5, 0.6) is 0 Å². The maximum absolute atomic E-state index is 5.31. The van der Waals surface area contributed by atoms with Crippen molar-refractivity contribution in [1.29, 1.82) is 0 Å². The van der Waals surface area contributed by atoms with E-state index in [2.05, 4.69) is 20.8 Å². The van der Waals surface area contributed by atoms with Crippen LogP contribution in [0.15, 0.2) is 0 Å². The van der Waals surface area contributed by atoms with Gasteiger partial charge in [-0.3, -0.25) is 0 Å². The predicted molar refractivity (Wildman–Crippen MR) is 43.0 cm³/mol. The molecule has 1 heteroatoms. The van der Waals surface area contributed by atoms with Crippen molar-refractivity contribution in [2.75, 3.05) is 6.61 Å². The number of epoxide rings is 1. The third-order valence-electron chi connectivity index (χ3n) is 2.20. The van der Waals surface area contributed by atoms with Gasteiger partial charge in [0.25, 0.3) is 0 Å². The SMILES string of the molecule is CCC[C@@H](C)C[C@@]1(C)CO1. The molecule has 0 radical (unpaired) electrons. The van der Waals surface area contributed by atoms with Crippen LogP contribution in [0, 0.1) is 5.92 Å². The normalized spacial score (nSPS) is 33.9. The van der Waals surface area contributed by atoms with Gasteiger partial charge in [0.15, 0.2) is 0 Å². The van der Waals surface area contributed by atoms with Crippen LogP contribution < -0.4 is 0 Å². The van der Waals surface area contributed by atoms with Crippen molar-refractivity contribution < 1.29 is 4.74 Å². The predicted octanol–water partition coefficient (Wildman–Crippen LogP) is 2.60. The maximum Gasteiger partial charge on any atom is 0.0891 e. The first-order valence-corrected chi connectivity index (χ1v) is 4.30. The Morgan fingerprint density at radius 3 is 2.60 bits per heavy atom. The highest BCUT2D eigenvalue weighted by molar-refractivity contribution is 4.87. The number of hydrogen-bond donors (Lipinski definition) is 0. The summed E-state index contributed by atoms with van der Waals surface area (Å²) in [6, 6.07) is 0. The molecule has 0 aromatic carbocycles. The van der Waals surface area contributed by atoms with Crippen molar-refractivity contribution >= 4 is 0 Å². The summed E-state index contributed by atoms with van der Waals surface area (Å²) in [5.41, 5.74) is 0.272. The van der Waals surface area contributed by atoms with Gasteiger partial charge in [-0.15, -0.1) is 0 Å². The lowest BCUT2D eigenvalue weighted by Gasteiger charge is -2.11. The van der Waals surface area contributed by atoms with E-state index in [-0.39, 0.29) is 5.60 Å². The summed E-state index contributed by atoms with van der Waals surface area (Å²) in [6.45, 7) is 7.75. The molecule has 0 aromatic heterocycles. The molecule has 0 unspecified atom stereocenters. The molecular formula is C9H18O. The van der Waals surface area contributed by atoms with Crippen LogP contribution in [0.3, 0.4) is 0 Å². The molecule has 1 aliphatic rings.